The normalized spacial score (nSPS) is 19.0. The molecule has 4 N–H and O–H groups in total. The molecule has 0 bridgehead atoms. The monoisotopic (exact) mass is 409 g/mol. The third-order valence-electron chi connectivity index (χ3n) is 5.74. The van der Waals surface area contributed by atoms with Gasteiger partial charge in [-0.05, 0) is 42.7 Å². The Morgan fingerprint density at radius 1 is 1.13 bits per heavy atom. The number of carbonyl (C=O) groups excluding carboxylic acids is 2. The lowest BCUT2D eigenvalue weighted by Crippen LogP contribution is -2.45. The number of aliphatic hydroxyl groups is 1. The molecule has 0 spiro atoms. The molecular formula is C23H24FN3O3. The number of primary amides is 1. The van der Waals surface area contributed by atoms with Gasteiger partial charge in [-0.2, -0.15) is 0 Å². The van der Waals surface area contributed by atoms with Crippen molar-refractivity contribution in [2.24, 2.45) is 5.73 Å². The molecule has 0 saturated heterocycles. The molecule has 1 aromatic heterocycles. The number of nitrogens with zero attached hydrogens (tertiary/aromatic N) is 1. The molecule has 0 aliphatic heterocycles. The molecular weight excluding hydrogens is 385 g/mol. The van der Waals surface area contributed by atoms with Crippen LogP contribution in [0.2, 0.25) is 0 Å². The standard InChI is InChI=1S/C23H24FN3O3/c24-17-4-3-6-19-21(17)16(23(30)26-18-5-1-2-7-20(18)28)13-27(19)12-14-8-10-15(11-9-14)22(25)29/h3-4,6,8-11,13,18,20,28H,1-2,5,7,12H2,(H2,25,29)(H,26,30)/t18-,20-/m0/s1. The van der Waals surface area contributed by atoms with E-state index in [1.54, 1.807) is 42.6 Å². The van der Waals surface area contributed by atoms with E-state index in [1.807, 2.05) is 4.57 Å². The van der Waals surface area contributed by atoms with E-state index >= 15 is 0 Å². The summed E-state index contributed by atoms with van der Waals surface area (Å²) in [6, 6.07) is 11.2. The van der Waals surface area contributed by atoms with Crippen LogP contribution < -0.4 is 11.1 Å². The fourth-order valence-electron chi connectivity index (χ4n) is 4.11. The Balaban J connectivity index is 1.65. The van der Waals surface area contributed by atoms with Gasteiger partial charge in [0.25, 0.3) is 5.91 Å². The predicted molar refractivity (Wildman–Crippen MR) is 112 cm³/mol. The van der Waals surface area contributed by atoms with Crippen LogP contribution in [0.15, 0.2) is 48.7 Å². The maximum absolute atomic E-state index is 14.7. The summed E-state index contributed by atoms with van der Waals surface area (Å²) in [4.78, 5) is 24.2. The minimum atomic E-state index is -0.579. The number of hydrogen-bond donors (Lipinski definition) is 3. The molecule has 1 heterocycles. The van der Waals surface area contributed by atoms with Gasteiger partial charge in [-0.3, -0.25) is 9.59 Å². The number of halogens is 1. The summed E-state index contributed by atoms with van der Waals surface area (Å²) < 4.78 is 16.5. The average Bonchev–Trinajstić information content (AvgIpc) is 3.10. The van der Waals surface area contributed by atoms with Gasteiger partial charge in [-0.25, -0.2) is 4.39 Å². The number of benzene rings is 2. The Bertz CT molecular complexity index is 1090. The number of aliphatic hydroxyl groups excluding tert-OH is 1. The van der Waals surface area contributed by atoms with Gasteiger partial charge >= 0.3 is 0 Å². The van der Waals surface area contributed by atoms with Crippen molar-refractivity contribution in [3.8, 4) is 0 Å². The van der Waals surface area contributed by atoms with Crippen molar-refractivity contribution in [1.82, 2.24) is 9.88 Å². The zero-order chi connectivity index (χ0) is 21.3. The Labute approximate surface area is 173 Å². The smallest absolute Gasteiger partial charge is 0.253 e. The second-order valence-electron chi connectivity index (χ2n) is 7.80. The predicted octanol–water partition coefficient (Wildman–Crippen LogP) is 2.96. The highest BCUT2D eigenvalue weighted by atomic mass is 19.1. The minimum Gasteiger partial charge on any atom is -0.391 e. The average molecular weight is 409 g/mol. The highest BCUT2D eigenvalue weighted by molar-refractivity contribution is 6.07. The van der Waals surface area contributed by atoms with Crippen LogP contribution in [-0.4, -0.2) is 33.6 Å². The molecule has 30 heavy (non-hydrogen) atoms. The summed E-state index contributed by atoms with van der Waals surface area (Å²) in [6.07, 6.45) is 4.31. The van der Waals surface area contributed by atoms with E-state index in [-0.39, 0.29) is 22.9 Å². The van der Waals surface area contributed by atoms with E-state index in [1.165, 1.54) is 6.07 Å². The lowest BCUT2D eigenvalue weighted by Gasteiger charge is -2.28. The molecule has 2 aromatic carbocycles. The fraction of sp³-hybridized carbons (Fsp3) is 0.304. The molecule has 1 fully saturated rings. The van der Waals surface area contributed by atoms with Crippen molar-refractivity contribution < 1.29 is 19.1 Å². The van der Waals surface area contributed by atoms with Crippen LogP contribution in [-0.2, 0) is 6.54 Å². The SMILES string of the molecule is NC(=O)c1ccc(Cn2cc(C(=O)N[C@H]3CCCC[C@@H]3O)c3c(F)cccc32)cc1. The van der Waals surface area contributed by atoms with Crippen LogP contribution in [0.3, 0.4) is 0 Å². The van der Waals surface area contributed by atoms with Gasteiger partial charge in [0.2, 0.25) is 5.91 Å². The van der Waals surface area contributed by atoms with Crippen LogP contribution >= 0.6 is 0 Å². The van der Waals surface area contributed by atoms with Crippen LogP contribution in [0.1, 0.15) is 52.0 Å². The number of carbonyl (C=O) groups is 2. The zero-order valence-corrected chi connectivity index (χ0v) is 16.5. The largest absolute Gasteiger partial charge is 0.391 e. The number of aromatic nitrogens is 1. The lowest BCUT2D eigenvalue weighted by atomic mass is 9.92. The highest BCUT2D eigenvalue weighted by Gasteiger charge is 2.27. The van der Waals surface area contributed by atoms with Gasteiger partial charge in [0.15, 0.2) is 0 Å². The molecule has 1 saturated carbocycles. The number of amides is 2. The number of hydrogen-bond acceptors (Lipinski definition) is 3. The first-order valence-corrected chi connectivity index (χ1v) is 10.1. The molecule has 3 aromatic rings. The van der Waals surface area contributed by atoms with Gasteiger partial charge in [0.1, 0.15) is 5.82 Å². The lowest BCUT2D eigenvalue weighted by molar-refractivity contribution is 0.0718. The summed E-state index contributed by atoms with van der Waals surface area (Å²) in [5.41, 5.74) is 7.42. The van der Waals surface area contributed by atoms with Crippen molar-refractivity contribution in [2.75, 3.05) is 0 Å². The Hall–Kier alpha value is -3.19. The van der Waals surface area contributed by atoms with Gasteiger partial charge in [0, 0.05) is 23.7 Å². The molecule has 6 nitrogen and oxygen atoms in total. The van der Waals surface area contributed by atoms with Crippen molar-refractivity contribution in [3.63, 3.8) is 0 Å². The Kier molecular flexibility index (Phi) is 5.55. The maximum atomic E-state index is 14.7. The third kappa shape index (κ3) is 3.93. The molecule has 1 aliphatic rings. The van der Waals surface area contributed by atoms with Crippen molar-refractivity contribution in [2.45, 2.75) is 44.4 Å². The van der Waals surface area contributed by atoms with E-state index in [4.69, 9.17) is 5.73 Å². The summed E-state index contributed by atoms with van der Waals surface area (Å²) in [5.74, 6) is -1.36. The molecule has 7 heteroatoms. The number of fused-ring (bicyclic) bond motifs is 1. The Morgan fingerprint density at radius 3 is 2.57 bits per heavy atom. The third-order valence-corrected chi connectivity index (χ3v) is 5.74. The number of nitrogens with two attached hydrogens (primary N) is 1. The first-order valence-electron chi connectivity index (χ1n) is 10.1. The molecule has 4 rings (SSSR count). The number of rotatable bonds is 5. The van der Waals surface area contributed by atoms with Crippen molar-refractivity contribution in [3.05, 3.63) is 71.2 Å². The summed E-state index contributed by atoms with van der Waals surface area (Å²) in [7, 11) is 0. The summed E-state index contributed by atoms with van der Waals surface area (Å²) >= 11 is 0. The van der Waals surface area contributed by atoms with Gasteiger partial charge in [0.05, 0.1) is 23.2 Å². The van der Waals surface area contributed by atoms with E-state index in [2.05, 4.69) is 5.32 Å². The topological polar surface area (TPSA) is 97.4 Å². The van der Waals surface area contributed by atoms with Gasteiger partial charge in [-0.1, -0.05) is 31.0 Å². The van der Waals surface area contributed by atoms with Crippen molar-refractivity contribution in [1.29, 1.82) is 0 Å². The summed E-state index contributed by atoms with van der Waals surface area (Å²) in [6.45, 7) is 0.401. The second kappa shape index (κ2) is 8.28. The van der Waals surface area contributed by atoms with E-state index in [9.17, 15) is 19.1 Å². The fourth-order valence-corrected chi connectivity index (χ4v) is 4.11. The minimum absolute atomic E-state index is 0.245. The first kappa shape index (κ1) is 20.1. The zero-order valence-electron chi connectivity index (χ0n) is 16.5. The summed E-state index contributed by atoms with van der Waals surface area (Å²) in [5, 5.41) is 13.3. The van der Waals surface area contributed by atoms with E-state index in [0.29, 0.717) is 30.5 Å². The van der Waals surface area contributed by atoms with Crippen LogP contribution in [0.25, 0.3) is 10.9 Å². The molecule has 0 radical (unpaired) electrons. The van der Waals surface area contributed by atoms with Gasteiger partial charge < -0.3 is 20.7 Å². The second-order valence-corrected chi connectivity index (χ2v) is 7.80. The van der Waals surface area contributed by atoms with Gasteiger partial charge in [-0.15, -0.1) is 0 Å². The molecule has 1 aliphatic carbocycles. The highest BCUT2D eigenvalue weighted by Crippen LogP contribution is 2.26. The molecule has 0 unspecified atom stereocenters. The molecule has 2 atom stereocenters. The van der Waals surface area contributed by atoms with Crippen LogP contribution in [0, 0.1) is 5.82 Å². The van der Waals surface area contributed by atoms with E-state index in [0.717, 1.165) is 18.4 Å². The molecule has 156 valence electrons. The Morgan fingerprint density at radius 2 is 1.87 bits per heavy atom. The molecule has 2 amide bonds. The van der Waals surface area contributed by atoms with Crippen LogP contribution in [0.5, 0.6) is 0 Å². The quantitative estimate of drug-likeness (QED) is 0.604. The maximum Gasteiger partial charge on any atom is 0.253 e. The van der Waals surface area contributed by atoms with E-state index < -0.39 is 17.8 Å². The van der Waals surface area contributed by atoms with Crippen molar-refractivity contribution >= 4 is 22.7 Å². The van der Waals surface area contributed by atoms with Crippen LogP contribution in [0.4, 0.5) is 4.39 Å². The first-order chi connectivity index (χ1) is 14.4. The number of nitrogens with one attached hydrogen (secondary N) is 1.